The van der Waals surface area contributed by atoms with Crippen molar-refractivity contribution in [3.05, 3.63) is 84.4 Å². The Balaban J connectivity index is 1.71. The van der Waals surface area contributed by atoms with Gasteiger partial charge in [0.05, 0.1) is 12.6 Å². The Hall–Kier alpha value is -4.00. The molecule has 0 spiro atoms. The zero-order chi connectivity index (χ0) is 23.6. The molecule has 0 heterocycles. The van der Waals surface area contributed by atoms with Gasteiger partial charge < -0.3 is 24.2 Å². The summed E-state index contributed by atoms with van der Waals surface area (Å²) >= 11 is 0. The minimum Gasteiger partial charge on any atom is -0.491 e. The number of para-hydroxylation sites is 4. The molecule has 172 valence electrons. The zero-order valence-corrected chi connectivity index (χ0v) is 18.6. The standard InChI is InChI=1S/C26H27NO6/c1-19(2)32-22-13-7-6-10-20(22)16-27(17-26(29)30)25(28)18-31-23-14-8-9-15-24(23)33-21-11-4-3-5-12-21/h3-15,19H,16-18H2,1-2H3,(H,29,30). The molecule has 0 aliphatic heterocycles. The average molecular weight is 450 g/mol. The number of carboxylic acids is 1. The maximum atomic E-state index is 12.9. The first-order valence-electron chi connectivity index (χ1n) is 10.6. The fourth-order valence-electron chi connectivity index (χ4n) is 3.10. The van der Waals surface area contributed by atoms with Gasteiger partial charge in [0.2, 0.25) is 0 Å². The van der Waals surface area contributed by atoms with Gasteiger partial charge in [-0.3, -0.25) is 9.59 Å². The van der Waals surface area contributed by atoms with Crippen molar-refractivity contribution < 1.29 is 28.9 Å². The number of amides is 1. The van der Waals surface area contributed by atoms with Crippen LogP contribution in [0, 0.1) is 0 Å². The van der Waals surface area contributed by atoms with Gasteiger partial charge in [-0.25, -0.2) is 0 Å². The molecule has 0 unspecified atom stereocenters. The highest BCUT2D eigenvalue weighted by atomic mass is 16.5. The van der Waals surface area contributed by atoms with Crippen molar-refractivity contribution in [2.45, 2.75) is 26.5 Å². The fourth-order valence-corrected chi connectivity index (χ4v) is 3.10. The van der Waals surface area contributed by atoms with Gasteiger partial charge in [-0.2, -0.15) is 0 Å². The molecule has 0 radical (unpaired) electrons. The van der Waals surface area contributed by atoms with Crippen LogP contribution in [0.2, 0.25) is 0 Å². The van der Waals surface area contributed by atoms with Crippen molar-refractivity contribution in [3.8, 4) is 23.0 Å². The molecule has 0 aromatic heterocycles. The van der Waals surface area contributed by atoms with Crippen molar-refractivity contribution >= 4 is 11.9 Å². The van der Waals surface area contributed by atoms with Gasteiger partial charge in [-0.1, -0.05) is 48.5 Å². The maximum absolute atomic E-state index is 12.9. The van der Waals surface area contributed by atoms with E-state index in [-0.39, 0.29) is 19.3 Å². The summed E-state index contributed by atoms with van der Waals surface area (Å²) < 4.78 is 17.4. The lowest BCUT2D eigenvalue weighted by molar-refractivity contribution is -0.145. The summed E-state index contributed by atoms with van der Waals surface area (Å²) in [5, 5.41) is 9.33. The Bertz CT molecular complexity index is 1070. The molecule has 0 fully saturated rings. The molecule has 0 atom stereocenters. The maximum Gasteiger partial charge on any atom is 0.323 e. The monoisotopic (exact) mass is 449 g/mol. The van der Waals surface area contributed by atoms with Gasteiger partial charge in [0.1, 0.15) is 18.0 Å². The molecule has 0 aliphatic rings. The summed E-state index contributed by atoms with van der Waals surface area (Å²) in [6.07, 6.45) is -0.0563. The van der Waals surface area contributed by atoms with E-state index < -0.39 is 18.4 Å². The molecule has 0 aliphatic carbocycles. The van der Waals surface area contributed by atoms with Gasteiger partial charge in [0.15, 0.2) is 18.1 Å². The minimum atomic E-state index is -1.11. The zero-order valence-electron chi connectivity index (χ0n) is 18.6. The number of carboxylic acid groups (broad SMARTS) is 1. The molecule has 3 aromatic rings. The molecule has 7 nitrogen and oxygen atoms in total. The smallest absolute Gasteiger partial charge is 0.323 e. The Kier molecular flexibility index (Phi) is 8.30. The van der Waals surface area contributed by atoms with Crippen molar-refractivity contribution in [1.29, 1.82) is 0 Å². The van der Waals surface area contributed by atoms with Crippen LogP contribution in [-0.4, -0.2) is 41.1 Å². The summed E-state index contributed by atoms with van der Waals surface area (Å²) in [6, 6.07) is 23.5. The topological polar surface area (TPSA) is 85.3 Å². The second kappa shape index (κ2) is 11.6. The van der Waals surface area contributed by atoms with E-state index in [4.69, 9.17) is 14.2 Å². The number of rotatable bonds is 11. The quantitative estimate of drug-likeness (QED) is 0.454. The van der Waals surface area contributed by atoms with Crippen LogP contribution >= 0.6 is 0 Å². The van der Waals surface area contributed by atoms with Crippen LogP contribution in [0.4, 0.5) is 0 Å². The molecular formula is C26H27NO6. The first-order valence-corrected chi connectivity index (χ1v) is 10.6. The van der Waals surface area contributed by atoms with E-state index in [1.165, 1.54) is 4.90 Å². The molecule has 0 bridgehead atoms. The van der Waals surface area contributed by atoms with Crippen molar-refractivity contribution in [2.24, 2.45) is 0 Å². The normalized spacial score (nSPS) is 10.5. The Morgan fingerprint density at radius 3 is 2.12 bits per heavy atom. The third-order valence-corrected chi connectivity index (χ3v) is 4.55. The van der Waals surface area contributed by atoms with E-state index in [1.54, 1.807) is 30.3 Å². The highest BCUT2D eigenvalue weighted by Crippen LogP contribution is 2.31. The summed E-state index contributed by atoms with van der Waals surface area (Å²) in [4.78, 5) is 25.6. The molecular weight excluding hydrogens is 422 g/mol. The fraction of sp³-hybridized carbons (Fsp3) is 0.231. The van der Waals surface area contributed by atoms with Gasteiger partial charge in [0, 0.05) is 5.56 Å². The highest BCUT2D eigenvalue weighted by Gasteiger charge is 2.20. The predicted octanol–water partition coefficient (Wildman–Crippen LogP) is 4.76. The van der Waals surface area contributed by atoms with Crippen LogP contribution < -0.4 is 14.2 Å². The minimum absolute atomic E-state index is 0.0563. The van der Waals surface area contributed by atoms with Gasteiger partial charge >= 0.3 is 5.97 Å². The van der Waals surface area contributed by atoms with E-state index in [2.05, 4.69) is 0 Å². The predicted molar refractivity (Wildman–Crippen MR) is 124 cm³/mol. The first-order chi connectivity index (χ1) is 15.9. The number of benzene rings is 3. The highest BCUT2D eigenvalue weighted by molar-refractivity contribution is 5.82. The summed E-state index contributed by atoms with van der Waals surface area (Å²) in [5.41, 5.74) is 0.716. The van der Waals surface area contributed by atoms with Crippen molar-refractivity contribution in [2.75, 3.05) is 13.2 Å². The number of hydrogen-bond acceptors (Lipinski definition) is 5. The van der Waals surface area contributed by atoms with E-state index in [0.717, 1.165) is 0 Å². The summed E-state index contributed by atoms with van der Waals surface area (Å²) in [6.45, 7) is 3.09. The molecule has 0 saturated carbocycles. The molecule has 7 heteroatoms. The molecule has 0 saturated heterocycles. The number of nitrogens with zero attached hydrogens (tertiary/aromatic N) is 1. The second-order valence-corrected chi connectivity index (χ2v) is 7.57. The largest absolute Gasteiger partial charge is 0.491 e. The number of aliphatic carboxylic acids is 1. The first kappa shape index (κ1) is 23.7. The number of hydrogen-bond donors (Lipinski definition) is 1. The van der Waals surface area contributed by atoms with E-state index >= 15 is 0 Å². The van der Waals surface area contributed by atoms with Crippen LogP contribution in [-0.2, 0) is 16.1 Å². The molecule has 33 heavy (non-hydrogen) atoms. The van der Waals surface area contributed by atoms with Crippen LogP contribution in [0.3, 0.4) is 0 Å². The third kappa shape index (κ3) is 7.28. The van der Waals surface area contributed by atoms with E-state index in [0.29, 0.717) is 28.6 Å². The van der Waals surface area contributed by atoms with Crippen molar-refractivity contribution in [1.82, 2.24) is 4.90 Å². The third-order valence-electron chi connectivity index (χ3n) is 4.55. The Morgan fingerprint density at radius 1 is 0.848 bits per heavy atom. The van der Waals surface area contributed by atoms with Crippen molar-refractivity contribution in [3.63, 3.8) is 0 Å². The molecule has 3 rings (SSSR count). The SMILES string of the molecule is CC(C)Oc1ccccc1CN(CC(=O)O)C(=O)COc1ccccc1Oc1ccccc1. The Labute approximate surface area is 193 Å². The van der Waals surface area contributed by atoms with E-state index in [1.807, 2.05) is 62.4 Å². The number of carbonyl (C=O) groups excluding carboxylic acids is 1. The Morgan fingerprint density at radius 2 is 1.45 bits per heavy atom. The van der Waals surface area contributed by atoms with Crippen LogP contribution in [0.1, 0.15) is 19.4 Å². The lowest BCUT2D eigenvalue weighted by Gasteiger charge is -2.23. The van der Waals surface area contributed by atoms with Gasteiger partial charge in [-0.15, -0.1) is 0 Å². The van der Waals surface area contributed by atoms with Crippen LogP contribution in [0.5, 0.6) is 23.0 Å². The average Bonchev–Trinajstić information content (AvgIpc) is 2.79. The molecule has 1 amide bonds. The lowest BCUT2D eigenvalue weighted by atomic mass is 10.2. The summed E-state index contributed by atoms with van der Waals surface area (Å²) in [7, 11) is 0. The summed E-state index contributed by atoms with van der Waals surface area (Å²) in [5.74, 6) is 0.502. The van der Waals surface area contributed by atoms with E-state index in [9.17, 15) is 14.7 Å². The number of carbonyl (C=O) groups is 2. The van der Waals surface area contributed by atoms with Crippen LogP contribution in [0.15, 0.2) is 78.9 Å². The van der Waals surface area contributed by atoms with Crippen LogP contribution in [0.25, 0.3) is 0 Å². The van der Waals surface area contributed by atoms with Gasteiger partial charge in [0.25, 0.3) is 5.91 Å². The second-order valence-electron chi connectivity index (χ2n) is 7.57. The number of ether oxygens (including phenoxy) is 3. The molecule has 3 aromatic carbocycles. The van der Waals surface area contributed by atoms with Gasteiger partial charge in [-0.05, 0) is 44.2 Å². The molecule has 1 N–H and O–H groups in total. The lowest BCUT2D eigenvalue weighted by Crippen LogP contribution is -2.38.